The number of hydrogen-bond donors (Lipinski definition) is 0. The molecule has 0 N–H and O–H groups in total. The molecular formula is C57H41FGeIrN4O2-2. The van der Waals surface area contributed by atoms with Crippen LogP contribution in [0.15, 0.2) is 185 Å². The Morgan fingerprint density at radius 2 is 1.20 bits per heavy atom. The summed E-state index contributed by atoms with van der Waals surface area (Å²) < 4.78 is 31.8. The van der Waals surface area contributed by atoms with Crippen molar-refractivity contribution in [1.82, 2.24) is 19.5 Å². The van der Waals surface area contributed by atoms with E-state index in [0.29, 0.717) is 22.7 Å². The molecule has 66 heavy (non-hydrogen) atoms. The third-order valence-electron chi connectivity index (χ3n) is 12.0. The Bertz CT molecular complexity index is 3730. The van der Waals surface area contributed by atoms with Crippen LogP contribution in [-0.2, 0) is 20.1 Å². The van der Waals surface area contributed by atoms with Crippen LogP contribution in [0.2, 0.25) is 17.3 Å². The number of aryl methyl sites for hydroxylation is 1. The topological polar surface area (TPSA) is 69.9 Å². The second-order valence-electron chi connectivity index (χ2n) is 17.3. The summed E-state index contributed by atoms with van der Waals surface area (Å²) in [5, 5.41) is 4.15. The number of pyridine rings is 2. The van der Waals surface area contributed by atoms with Gasteiger partial charge in [0, 0.05) is 25.5 Å². The van der Waals surface area contributed by atoms with Crippen molar-refractivity contribution in [2.45, 2.75) is 24.2 Å². The van der Waals surface area contributed by atoms with Gasteiger partial charge in [-0.25, -0.2) is 4.39 Å². The molecule has 0 aliphatic heterocycles. The molecule has 6 nitrogen and oxygen atoms in total. The van der Waals surface area contributed by atoms with Gasteiger partial charge in [0.2, 0.25) is 0 Å². The van der Waals surface area contributed by atoms with E-state index in [1.807, 2.05) is 127 Å². The van der Waals surface area contributed by atoms with Crippen molar-refractivity contribution in [2.75, 3.05) is 0 Å². The molecule has 323 valence electrons. The number of hydrogen-bond acceptors (Lipinski definition) is 5. The average molecular weight is 1100 g/mol. The molecule has 0 fully saturated rings. The molecule has 5 heterocycles. The summed E-state index contributed by atoms with van der Waals surface area (Å²) in [6.45, 7) is 1.99. The summed E-state index contributed by atoms with van der Waals surface area (Å²) in [5.41, 5.74) is 12.5. The van der Waals surface area contributed by atoms with Crippen LogP contribution in [0.25, 0.3) is 105 Å². The number of rotatable bonds is 6. The molecule has 0 aliphatic carbocycles. The number of halogens is 1. The Morgan fingerprint density at radius 3 is 1.89 bits per heavy atom. The second kappa shape index (κ2) is 17.4. The van der Waals surface area contributed by atoms with Crippen LogP contribution in [0.4, 0.5) is 4.39 Å². The first kappa shape index (κ1) is 43.0. The van der Waals surface area contributed by atoms with Crippen molar-refractivity contribution >= 4 is 72.6 Å². The number of furan rings is 2. The Labute approximate surface area is 397 Å². The summed E-state index contributed by atoms with van der Waals surface area (Å²) >= 11 is -1.85. The van der Waals surface area contributed by atoms with Gasteiger partial charge in [0.25, 0.3) is 0 Å². The summed E-state index contributed by atoms with van der Waals surface area (Å²) in [6, 6.07) is 60.4. The first-order valence-electron chi connectivity index (χ1n) is 21.6. The monoisotopic (exact) mass is 1100 g/mol. The average Bonchev–Trinajstić information content (AvgIpc) is 4.03. The van der Waals surface area contributed by atoms with Crippen molar-refractivity contribution in [3.05, 3.63) is 200 Å². The van der Waals surface area contributed by atoms with E-state index in [1.54, 1.807) is 12.3 Å². The molecule has 0 saturated carbocycles. The summed E-state index contributed by atoms with van der Waals surface area (Å²) in [6.07, 6.45) is 3.81. The number of benzene rings is 7. The van der Waals surface area contributed by atoms with Crippen molar-refractivity contribution in [2.24, 2.45) is 0 Å². The molecule has 0 aliphatic rings. The standard InChI is InChI=1S/C37H22FN2O.C20H19GeN2O.Ir/c38-31-22-26(24-10-3-1-4-11-24)19-21-33(31)40-34-17-8-7-16-32(34)39-37(40)30-15-9-14-29-28-20-18-27(23-35(28)41-36(29)30)25-12-5-2-6-13-25;1-13-10-17-15-6-5-7-16(20(15)24-19(17)12-22-13)18-9-8-14(11-23-18)21(2,3)4;/h1-14,16-23H;5-6,8-12H,1-4H3;/q2*-1;. The van der Waals surface area contributed by atoms with Gasteiger partial charge in [0.1, 0.15) is 11.4 Å². The van der Waals surface area contributed by atoms with E-state index in [-0.39, 0.29) is 25.9 Å². The molecule has 1 radical (unpaired) electrons. The first-order valence-corrected chi connectivity index (χ1v) is 28.9. The van der Waals surface area contributed by atoms with Crippen molar-refractivity contribution in [3.8, 4) is 50.6 Å². The van der Waals surface area contributed by atoms with Gasteiger partial charge in [-0.3, -0.25) is 4.98 Å². The second-order valence-corrected chi connectivity index (χ2v) is 27.9. The van der Waals surface area contributed by atoms with E-state index >= 15 is 4.39 Å². The van der Waals surface area contributed by atoms with E-state index in [0.717, 1.165) is 88.5 Å². The third kappa shape index (κ3) is 7.85. The van der Waals surface area contributed by atoms with Crippen LogP contribution >= 0.6 is 0 Å². The molecule has 12 aromatic rings. The normalized spacial score (nSPS) is 11.6. The molecular weight excluding hydrogens is 1060 g/mol. The van der Waals surface area contributed by atoms with Gasteiger partial charge in [-0.05, 0) is 52.6 Å². The van der Waals surface area contributed by atoms with Crippen LogP contribution in [0.5, 0.6) is 0 Å². The maximum absolute atomic E-state index is 15.9. The number of fused-ring (bicyclic) bond motifs is 7. The van der Waals surface area contributed by atoms with Gasteiger partial charge in [-0.1, -0.05) is 102 Å². The zero-order chi connectivity index (χ0) is 44.2. The predicted octanol–water partition coefficient (Wildman–Crippen LogP) is 14.6. The Balaban J connectivity index is 0.000000175. The van der Waals surface area contributed by atoms with Gasteiger partial charge in [-0.2, -0.15) is 0 Å². The largest absolute Gasteiger partial charge is 0.501 e. The van der Waals surface area contributed by atoms with Gasteiger partial charge in [-0.15, -0.1) is 18.2 Å². The maximum Gasteiger partial charge on any atom is 0.147 e. The van der Waals surface area contributed by atoms with Crippen molar-refractivity contribution < 1.29 is 33.3 Å². The van der Waals surface area contributed by atoms with E-state index in [2.05, 4.69) is 82.9 Å². The molecule has 0 amide bonds. The fourth-order valence-corrected chi connectivity index (χ4v) is 10.8. The zero-order valence-electron chi connectivity index (χ0n) is 36.6. The summed E-state index contributed by atoms with van der Waals surface area (Å²) in [4.78, 5) is 14.0. The van der Waals surface area contributed by atoms with Gasteiger partial charge >= 0.3 is 144 Å². The van der Waals surface area contributed by atoms with Crippen LogP contribution in [0.3, 0.4) is 0 Å². The zero-order valence-corrected chi connectivity index (χ0v) is 41.1. The van der Waals surface area contributed by atoms with Gasteiger partial charge < -0.3 is 8.98 Å². The first-order chi connectivity index (χ1) is 31.7. The quantitative estimate of drug-likeness (QED) is 0.123. The van der Waals surface area contributed by atoms with Gasteiger partial charge in [0.05, 0.1) is 28.1 Å². The van der Waals surface area contributed by atoms with Crippen LogP contribution in [0, 0.1) is 24.9 Å². The van der Waals surface area contributed by atoms with Crippen LogP contribution < -0.4 is 4.40 Å². The molecule has 9 heteroatoms. The smallest absolute Gasteiger partial charge is 0.147 e. The minimum Gasteiger partial charge on any atom is -0.501 e. The number of imidazole rings is 1. The Morgan fingerprint density at radius 1 is 0.561 bits per heavy atom. The van der Waals surface area contributed by atoms with Crippen LogP contribution in [-0.4, -0.2) is 32.8 Å². The molecule has 0 bridgehead atoms. The fraction of sp³-hybridized carbons (Fsp3) is 0.0702. The molecule has 0 unspecified atom stereocenters. The molecule has 0 atom stereocenters. The molecule has 7 aromatic carbocycles. The van der Waals surface area contributed by atoms with E-state index < -0.39 is 13.3 Å². The van der Waals surface area contributed by atoms with Crippen molar-refractivity contribution in [1.29, 1.82) is 0 Å². The molecule has 5 aromatic heterocycles. The van der Waals surface area contributed by atoms with Crippen LogP contribution in [0.1, 0.15) is 5.69 Å². The Kier molecular flexibility index (Phi) is 11.4. The minimum atomic E-state index is -1.85. The minimum absolute atomic E-state index is 0. The number of nitrogens with zero attached hydrogens (tertiary/aromatic N) is 4. The van der Waals surface area contributed by atoms with Gasteiger partial charge in [0.15, 0.2) is 0 Å². The van der Waals surface area contributed by atoms with Crippen molar-refractivity contribution in [3.63, 3.8) is 0 Å². The van der Waals surface area contributed by atoms with E-state index in [1.165, 1.54) is 4.40 Å². The number of aromatic nitrogens is 4. The maximum atomic E-state index is 15.9. The third-order valence-corrected chi connectivity index (χ3v) is 16.2. The summed E-state index contributed by atoms with van der Waals surface area (Å²) in [7, 11) is 0. The fourth-order valence-electron chi connectivity index (χ4n) is 8.58. The molecule has 0 saturated heterocycles. The molecule has 0 spiro atoms. The number of para-hydroxylation sites is 2. The molecule has 12 rings (SSSR count). The predicted molar refractivity (Wildman–Crippen MR) is 265 cm³/mol. The van der Waals surface area contributed by atoms with E-state index in [9.17, 15) is 0 Å². The Hall–Kier alpha value is -6.97. The SMILES string of the molecule is Cc1cc2c(cn1)oc1c(-c3cc[c]([Ge]([CH3])([CH3])[CH3])cn3)[c-]ccc12.Fc1cc(-c2ccccc2)ccc1-n1c(-c2[c-]ccc3c2oc2cc(-c4ccccc4)ccc23)nc2ccccc21.[Ir]. The van der Waals surface area contributed by atoms with E-state index in [4.69, 9.17) is 18.8 Å². The summed E-state index contributed by atoms with van der Waals surface area (Å²) in [5.74, 6) is 7.36.